The van der Waals surface area contributed by atoms with Gasteiger partial charge in [-0.15, -0.1) is 0 Å². The summed E-state index contributed by atoms with van der Waals surface area (Å²) in [6, 6.07) is 0. The van der Waals surface area contributed by atoms with Crippen molar-refractivity contribution in [3.05, 3.63) is 0 Å². The average molecular weight is 445 g/mol. The molecular weight excluding hydrogens is 384 g/mol. The minimum Gasteiger partial charge on any atom is -0.394 e. The predicted molar refractivity (Wildman–Crippen MR) is 138 cm³/mol. The number of hydrogen-bond donors (Lipinski definition) is 2. The number of aliphatic hydroxyl groups is 2. The van der Waals surface area contributed by atoms with Gasteiger partial charge < -0.3 is 14.9 Å². The largest absolute Gasteiger partial charge is 0.394 e. The van der Waals surface area contributed by atoms with Crippen LogP contribution in [0.25, 0.3) is 0 Å². The molecular formula is C28H60O3. The fraction of sp³-hybridized carbons (Fsp3) is 1.00. The van der Waals surface area contributed by atoms with E-state index in [0.29, 0.717) is 6.61 Å². The van der Waals surface area contributed by atoms with Gasteiger partial charge in [-0.05, 0) is 30.1 Å². The van der Waals surface area contributed by atoms with Crippen molar-refractivity contribution in [1.29, 1.82) is 0 Å². The summed E-state index contributed by atoms with van der Waals surface area (Å²) < 4.78 is 5.08. The van der Waals surface area contributed by atoms with E-state index in [9.17, 15) is 0 Å². The molecule has 3 nitrogen and oxygen atoms in total. The van der Waals surface area contributed by atoms with Gasteiger partial charge >= 0.3 is 0 Å². The summed E-state index contributed by atoms with van der Waals surface area (Å²) in [4.78, 5) is 0. The fourth-order valence-electron chi connectivity index (χ4n) is 3.72. The highest BCUT2D eigenvalue weighted by Gasteiger charge is 2.07. The van der Waals surface area contributed by atoms with E-state index in [0.717, 1.165) is 36.5 Å². The first-order valence-electron chi connectivity index (χ1n) is 13.6. The van der Waals surface area contributed by atoms with Crippen LogP contribution in [-0.4, -0.2) is 36.1 Å². The molecule has 0 spiro atoms. The Morgan fingerprint density at radius 1 is 0.645 bits per heavy atom. The molecule has 0 aliphatic heterocycles. The van der Waals surface area contributed by atoms with Crippen molar-refractivity contribution in [3.8, 4) is 0 Å². The second-order valence-corrected chi connectivity index (χ2v) is 10.5. The minimum absolute atomic E-state index is 0.215. The molecule has 0 bridgehead atoms. The van der Waals surface area contributed by atoms with Crippen molar-refractivity contribution in [2.45, 2.75) is 138 Å². The molecule has 0 aromatic carbocycles. The van der Waals surface area contributed by atoms with Gasteiger partial charge in [0.15, 0.2) is 0 Å². The summed E-state index contributed by atoms with van der Waals surface area (Å²) in [5.41, 5.74) is 0. The van der Waals surface area contributed by atoms with Crippen molar-refractivity contribution in [2.75, 3.05) is 19.8 Å². The molecule has 2 N–H and O–H groups in total. The summed E-state index contributed by atoms with van der Waals surface area (Å²) in [6.45, 7) is 17.1. The zero-order valence-electron chi connectivity index (χ0n) is 22.5. The summed E-state index contributed by atoms with van der Waals surface area (Å²) in [5, 5.41) is 17.2. The molecule has 0 heterocycles. The van der Waals surface area contributed by atoms with Crippen molar-refractivity contribution in [1.82, 2.24) is 0 Å². The molecule has 0 saturated carbocycles. The first kappa shape index (κ1) is 33.1. The lowest BCUT2D eigenvalue weighted by atomic mass is 9.91. The van der Waals surface area contributed by atoms with Gasteiger partial charge in [-0.25, -0.2) is 0 Å². The topological polar surface area (TPSA) is 49.7 Å². The predicted octanol–water partition coefficient (Wildman–Crippen LogP) is 8.02. The Kier molecular flexibility index (Phi) is 26.1. The van der Waals surface area contributed by atoms with Crippen molar-refractivity contribution >= 4 is 0 Å². The van der Waals surface area contributed by atoms with Crippen LogP contribution in [0.5, 0.6) is 0 Å². The second kappa shape index (κ2) is 24.5. The number of unbranched alkanes of at least 4 members (excludes halogenated alkanes) is 2. The highest BCUT2D eigenvalue weighted by molar-refractivity contribution is 4.60. The van der Waals surface area contributed by atoms with Crippen LogP contribution in [0, 0.1) is 23.7 Å². The van der Waals surface area contributed by atoms with E-state index in [1.54, 1.807) is 0 Å². The SMILES string of the molecule is CCC(C)CCCC(C)CCCC(C)CCCC(C)C.CCCCCOCC(O)CO. The monoisotopic (exact) mass is 444 g/mol. The first-order valence-corrected chi connectivity index (χ1v) is 13.6. The Labute approximate surface area is 196 Å². The molecule has 4 unspecified atom stereocenters. The maximum atomic E-state index is 8.84. The van der Waals surface area contributed by atoms with Gasteiger partial charge in [0.25, 0.3) is 0 Å². The maximum Gasteiger partial charge on any atom is 0.100 e. The van der Waals surface area contributed by atoms with Crippen LogP contribution in [-0.2, 0) is 4.74 Å². The Morgan fingerprint density at radius 2 is 1.13 bits per heavy atom. The second-order valence-electron chi connectivity index (χ2n) is 10.5. The number of aliphatic hydroxyl groups excluding tert-OH is 2. The van der Waals surface area contributed by atoms with Crippen LogP contribution in [0.1, 0.15) is 132 Å². The number of ether oxygens (including phenoxy) is 1. The summed E-state index contributed by atoms with van der Waals surface area (Å²) >= 11 is 0. The van der Waals surface area contributed by atoms with Gasteiger partial charge in [-0.1, -0.05) is 126 Å². The van der Waals surface area contributed by atoms with Crippen LogP contribution in [0.2, 0.25) is 0 Å². The van der Waals surface area contributed by atoms with E-state index >= 15 is 0 Å². The lowest BCUT2D eigenvalue weighted by Gasteiger charge is -2.15. The third-order valence-electron chi connectivity index (χ3n) is 6.38. The molecule has 31 heavy (non-hydrogen) atoms. The van der Waals surface area contributed by atoms with Gasteiger partial charge in [0, 0.05) is 6.61 Å². The van der Waals surface area contributed by atoms with Crippen LogP contribution < -0.4 is 0 Å². The van der Waals surface area contributed by atoms with Crippen LogP contribution >= 0.6 is 0 Å². The van der Waals surface area contributed by atoms with E-state index in [-0.39, 0.29) is 13.2 Å². The molecule has 0 aliphatic rings. The van der Waals surface area contributed by atoms with E-state index in [2.05, 4.69) is 48.5 Å². The first-order chi connectivity index (χ1) is 14.8. The molecule has 4 atom stereocenters. The Hall–Kier alpha value is -0.120. The molecule has 0 radical (unpaired) electrons. The standard InChI is InChI=1S/C20H42.C8H18O3/c1-7-18(4)12-9-14-20(6)16-10-15-19(5)13-8-11-17(2)3;1-2-3-4-5-11-7-8(10)6-9/h17-20H,7-16H2,1-6H3;8-10H,2-7H2,1H3. The summed E-state index contributed by atoms with van der Waals surface area (Å²) in [5.74, 6) is 3.71. The maximum absolute atomic E-state index is 8.84. The lowest BCUT2D eigenvalue weighted by molar-refractivity contribution is 0.00533. The van der Waals surface area contributed by atoms with Crippen LogP contribution in [0.4, 0.5) is 0 Å². The van der Waals surface area contributed by atoms with Crippen molar-refractivity contribution < 1.29 is 14.9 Å². The van der Waals surface area contributed by atoms with E-state index in [1.807, 2.05) is 0 Å². The fourth-order valence-corrected chi connectivity index (χ4v) is 3.72. The molecule has 0 rings (SSSR count). The zero-order chi connectivity index (χ0) is 23.9. The minimum atomic E-state index is -0.711. The van der Waals surface area contributed by atoms with E-state index in [1.165, 1.54) is 70.6 Å². The number of rotatable bonds is 20. The zero-order valence-corrected chi connectivity index (χ0v) is 22.5. The molecule has 3 heteroatoms. The molecule has 190 valence electrons. The van der Waals surface area contributed by atoms with Crippen molar-refractivity contribution in [3.63, 3.8) is 0 Å². The third-order valence-corrected chi connectivity index (χ3v) is 6.38. The Morgan fingerprint density at radius 3 is 1.55 bits per heavy atom. The third kappa shape index (κ3) is 27.8. The summed E-state index contributed by atoms with van der Waals surface area (Å²) in [6.07, 6.45) is 17.0. The lowest BCUT2D eigenvalue weighted by Crippen LogP contribution is -2.19. The molecule has 0 aromatic rings. The van der Waals surface area contributed by atoms with E-state index < -0.39 is 6.10 Å². The molecule has 0 amide bonds. The molecule has 0 fully saturated rings. The summed E-state index contributed by atoms with van der Waals surface area (Å²) in [7, 11) is 0. The quantitative estimate of drug-likeness (QED) is 0.187. The van der Waals surface area contributed by atoms with Crippen LogP contribution in [0.3, 0.4) is 0 Å². The van der Waals surface area contributed by atoms with Crippen molar-refractivity contribution in [2.24, 2.45) is 23.7 Å². The average Bonchev–Trinajstić information content (AvgIpc) is 2.73. The van der Waals surface area contributed by atoms with E-state index in [4.69, 9.17) is 14.9 Å². The Bertz CT molecular complexity index is 332. The molecule has 0 saturated heterocycles. The Balaban J connectivity index is 0. The van der Waals surface area contributed by atoms with Gasteiger partial charge in [-0.3, -0.25) is 0 Å². The highest BCUT2D eigenvalue weighted by atomic mass is 16.5. The van der Waals surface area contributed by atoms with Gasteiger partial charge in [0.1, 0.15) is 6.10 Å². The van der Waals surface area contributed by atoms with Gasteiger partial charge in [0.2, 0.25) is 0 Å². The smallest absolute Gasteiger partial charge is 0.100 e. The molecule has 0 aliphatic carbocycles. The highest BCUT2D eigenvalue weighted by Crippen LogP contribution is 2.22. The van der Waals surface area contributed by atoms with Gasteiger partial charge in [0.05, 0.1) is 13.2 Å². The normalized spacial score (nSPS) is 15.3. The van der Waals surface area contributed by atoms with Crippen LogP contribution in [0.15, 0.2) is 0 Å². The molecule has 0 aromatic heterocycles. The number of hydrogen-bond acceptors (Lipinski definition) is 3. The van der Waals surface area contributed by atoms with Gasteiger partial charge in [-0.2, -0.15) is 0 Å².